The molecule has 0 radical (unpaired) electrons. The Hall–Kier alpha value is -1.12. The van der Waals surface area contributed by atoms with Crippen molar-refractivity contribution in [3.05, 3.63) is 18.0 Å². The van der Waals surface area contributed by atoms with Gasteiger partial charge in [0.05, 0.1) is 5.69 Å². The zero-order valence-corrected chi connectivity index (χ0v) is 10.7. The van der Waals surface area contributed by atoms with Crippen molar-refractivity contribution in [2.75, 3.05) is 0 Å². The van der Waals surface area contributed by atoms with Crippen LogP contribution >= 0.6 is 0 Å². The second-order valence-corrected chi connectivity index (χ2v) is 4.46. The van der Waals surface area contributed by atoms with Crippen LogP contribution in [0.25, 0.3) is 0 Å². The second kappa shape index (κ2) is 5.83. The van der Waals surface area contributed by atoms with E-state index in [1.807, 2.05) is 16.9 Å². The summed E-state index contributed by atoms with van der Waals surface area (Å²) in [5, 5.41) is 4.52. The Bertz CT molecular complexity index is 343. The van der Waals surface area contributed by atoms with Gasteiger partial charge >= 0.3 is 0 Å². The predicted octanol–water partition coefficient (Wildman–Crippen LogP) is 3.01. The lowest BCUT2D eigenvalue weighted by atomic mass is 9.97. The summed E-state index contributed by atoms with van der Waals surface area (Å²) in [6.45, 7) is 8.02. The van der Waals surface area contributed by atoms with Gasteiger partial charge in [0.15, 0.2) is 0 Å². The lowest BCUT2D eigenvalue weighted by Gasteiger charge is -2.10. The molecule has 0 amide bonds. The van der Waals surface area contributed by atoms with E-state index < -0.39 is 0 Å². The van der Waals surface area contributed by atoms with Crippen molar-refractivity contribution in [1.82, 2.24) is 9.78 Å². The summed E-state index contributed by atoms with van der Waals surface area (Å²) in [5.41, 5.74) is 1.03. The molecule has 0 aromatic carbocycles. The maximum Gasteiger partial charge on any atom is 0.133 e. The summed E-state index contributed by atoms with van der Waals surface area (Å²) in [7, 11) is 0. The third-order valence-electron chi connectivity index (χ3n) is 3.23. The summed E-state index contributed by atoms with van der Waals surface area (Å²) in [6, 6.07) is 2.46. The van der Waals surface area contributed by atoms with Gasteiger partial charge in [0.2, 0.25) is 0 Å². The second-order valence-electron chi connectivity index (χ2n) is 4.46. The largest absolute Gasteiger partial charge is 0.300 e. The number of hydrogen-bond acceptors (Lipinski definition) is 2. The van der Waals surface area contributed by atoms with Gasteiger partial charge in [0, 0.05) is 24.6 Å². The molecule has 1 rings (SSSR count). The van der Waals surface area contributed by atoms with Crippen LogP contribution in [0.15, 0.2) is 12.3 Å². The average molecular weight is 222 g/mol. The fraction of sp³-hybridized carbons (Fsp3) is 0.692. The standard InChI is InChI=1S/C13H22N2O/c1-5-10(3)15-8-7-13(14-15)9-12(6-2)11(4)16/h7-8,10,12H,5-6,9H2,1-4H3. The summed E-state index contributed by atoms with van der Waals surface area (Å²) in [5.74, 6) is 0.390. The van der Waals surface area contributed by atoms with E-state index >= 15 is 0 Å². The van der Waals surface area contributed by atoms with Gasteiger partial charge in [0.1, 0.15) is 5.78 Å². The van der Waals surface area contributed by atoms with Crippen molar-refractivity contribution in [2.24, 2.45) is 5.92 Å². The van der Waals surface area contributed by atoms with Crippen molar-refractivity contribution in [1.29, 1.82) is 0 Å². The highest BCUT2D eigenvalue weighted by Crippen LogP contribution is 2.14. The van der Waals surface area contributed by atoms with Gasteiger partial charge in [-0.1, -0.05) is 13.8 Å². The molecule has 0 aliphatic rings. The molecule has 16 heavy (non-hydrogen) atoms. The van der Waals surface area contributed by atoms with E-state index in [1.165, 1.54) is 0 Å². The molecule has 90 valence electrons. The third-order valence-corrected chi connectivity index (χ3v) is 3.23. The number of aromatic nitrogens is 2. The van der Waals surface area contributed by atoms with Gasteiger partial charge in [-0.05, 0) is 32.8 Å². The quantitative estimate of drug-likeness (QED) is 0.741. The van der Waals surface area contributed by atoms with Gasteiger partial charge in [-0.15, -0.1) is 0 Å². The molecular formula is C13H22N2O. The number of Topliss-reactive ketones (excluding diaryl/α,β-unsaturated/α-hetero) is 1. The first-order valence-corrected chi connectivity index (χ1v) is 6.12. The molecule has 0 fully saturated rings. The molecule has 1 heterocycles. The van der Waals surface area contributed by atoms with Crippen LogP contribution in [0, 0.1) is 5.92 Å². The summed E-state index contributed by atoms with van der Waals surface area (Å²) in [4.78, 5) is 11.3. The molecule has 0 spiro atoms. The molecule has 1 aromatic heterocycles. The van der Waals surface area contributed by atoms with Crippen LogP contribution in [0.5, 0.6) is 0 Å². The van der Waals surface area contributed by atoms with Crippen molar-refractivity contribution in [3.63, 3.8) is 0 Å². The topological polar surface area (TPSA) is 34.9 Å². The number of carbonyl (C=O) groups is 1. The number of carbonyl (C=O) groups excluding carboxylic acids is 1. The normalized spacial score (nSPS) is 14.8. The lowest BCUT2D eigenvalue weighted by Crippen LogP contribution is -2.13. The van der Waals surface area contributed by atoms with E-state index in [2.05, 4.69) is 25.9 Å². The van der Waals surface area contributed by atoms with Crippen LogP contribution < -0.4 is 0 Å². The summed E-state index contributed by atoms with van der Waals surface area (Å²) in [6.07, 6.45) is 4.75. The number of rotatable bonds is 6. The van der Waals surface area contributed by atoms with Crippen LogP contribution in [-0.2, 0) is 11.2 Å². The number of ketones is 1. The highest BCUT2D eigenvalue weighted by Gasteiger charge is 2.14. The van der Waals surface area contributed by atoms with Crippen LogP contribution in [-0.4, -0.2) is 15.6 Å². The highest BCUT2D eigenvalue weighted by atomic mass is 16.1. The SMILES string of the molecule is CCC(Cc1ccn(C(C)CC)n1)C(C)=O. The van der Waals surface area contributed by atoms with Crippen LogP contribution in [0.3, 0.4) is 0 Å². The van der Waals surface area contributed by atoms with Gasteiger partial charge in [-0.2, -0.15) is 5.10 Å². The minimum absolute atomic E-state index is 0.125. The Balaban J connectivity index is 2.67. The maximum atomic E-state index is 11.3. The first kappa shape index (κ1) is 12.9. The first-order chi connectivity index (χ1) is 7.58. The summed E-state index contributed by atoms with van der Waals surface area (Å²) < 4.78 is 1.99. The molecule has 3 heteroatoms. The highest BCUT2D eigenvalue weighted by molar-refractivity contribution is 5.78. The van der Waals surface area contributed by atoms with Crippen molar-refractivity contribution < 1.29 is 4.79 Å². The number of hydrogen-bond donors (Lipinski definition) is 0. The Labute approximate surface area is 97.8 Å². The monoisotopic (exact) mass is 222 g/mol. The van der Waals surface area contributed by atoms with Crippen molar-refractivity contribution >= 4 is 5.78 Å². The first-order valence-electron chi connectivity index (χ1n) is 6.12. The van der Waals surface area contributed by atoms with E-state index in [0.717, 1.165) is 25.0 Å². The third kappa shape index (κ3) is 3.19. The Kier molecular flexibility index (Phi) is 4.71. The van der Waals surface area contributed by atoms with Crippen LogP contribution in [0.1, 0.15) is 52.3 Å². The van der Waals surface area contributed by atoms with Gasteiger partial charge < -0.3 is 0 Å². The van der Waals surface area contributed by atoms with Gasteiger partial charge in [0.25, 0.3) is 0 Å². The molecule has 3 nitrogen and oxygen atoms in total. The summed E-state index contributed by atoms with van der Waals surface area (Å²) >= 11 is 0. The minimum atomic E-state index is 0.125. The van der Waals surface area contributed by atoms with E-state index in [4.69, 9.17) is 0 Å². The molecule has 2 atom stereocenters. The van der Waals surface area contributed by atoms with Gasteiger partial charge in [-0.3, -0.25) is 9.48 Å². The number of nitrogens with zero attached hydrogens (tertiary/aromatic N) is 2. The molecule has 0 saturated carbocycles. The van der Waals surface area contributed by atoms with Crippen LogP contribution in [0.2, 0.25) is 0 Å². The fourth-order valence-corrected chi connectivity index (χ4v) is 1.75. The molecule has 0 aliphatic carbocycles. The Morgan fingerprint density at radius 2 is 2.12 bits per heavy atom. The van der Waals surface area contributed by atoms with E-state index in [-0.39, 0.29) is 11.7 Å². The molecule has 1 aromatic rings. The Morgan fingerprint density at radius 1 is 1.44 bits per heavy atom. The fourth-order valence-electron chi connectivity index (χ4n) is 1.75. The molecule has 0 saturated heterocycles. The Morgan fingerprint density at radius 3 is 2.62 bits per heavy atom. The maximum absolute atomic E-state index is 11.3. The minimum Gasteiger partial charge on any atom is -0.300 e. The molecule has 0 N–H and O–H groups in total. The molecule has 2 unspecified atom stereocenters. The van der Waals surface area contributed by atoms with E-state index in [0.29, 0.717) is 6.04 Å². The van der Waals surface area contributed by atoms with E-state index in [9.17, 15) is 4.79 Å². The molecule has 0 aliphatic heterocycles. The smallest absolute Gasteiger partial charge is 0.133 e. The van der Waals surface area contributed by atoms with Crippen LogP contribution in [0.4, 0.5) is 0 Å². The molecule has 0 bridgehead atoms. The zero-order valence-electron chi connectivity index (χ0n) is 10.7. The average Bonchev–Trinajstić information content (AvgIpc) is 2.72. The lowest BCUT2D eigenvalue weighted by molar-refractivity contribution is -0.120. The van der Waals surface area contributed by atoms with Crippen molar-refractivity contribution in [3.8, 4) is 0 Å². The molecular weight excluding hydrogens is 200 g/mol. The predicted molar refractivity (Wildman–Crippen MR) is 65.4 cm³/mol. The van der Waals surface area contributed by atoms with E-state index in [1.54, 1.807) is 6.92 Å². The van der Waals surface area contributed by atoms with Crippen molar-refractivity contribution in [2.45, 2.75) is 53.0 Å². The zero-order chi connectivity index (χ0) is 12.1. The van der Waals surface area contributed by atoms with Gasteiger partial charge in [-0.25, -0.2) is 0 Å².